The van der Waals surface area contributed by atoms with Crippen molar-refractivity contribution in [3.05, 3.63) is 62.1 Å². The van der Waals surface area contributed by atoms with Gasteiger partial charge in [-0.25, -0.2) is 8.42 Å². The number of hydrogen-bond acceptors (Lipinski definition) is 4. The average Bonchev–Trinajstić information content (AvgIpc) is 2.71. The predicted octanol–water partition coefficient (Wildman–Crippen LogP) is 4.62. The van der Waals surface area contributed by atoms with Crippen LogP contribution in [0.2, 0.25) is 20.1 Å². The molecular formula is C21H23Cl4N3O4S. The monoisotopic (exact) mass is 553 g/mol. The fourth-order valence-electron chi connectivity index (χ4n) is 3.24. The van der Waals surface area contributed by atoms with Crippen LogP contribution in [-0.4, -0.2) is 51.0 Å². The van der Waals surface area contributed by atoms with Gasteiger partial charge in [-0.05, 0) is 36.8 Å². The molecule has 33 heavy (non-hydrogen) atoms. The van der Waals surface area contributed by atoms with E-state index in [0.29, 0.717) is 15.6 Å². The molecule has 0 spiro atoms. The number of halogens is 4. The highest BCUT2D eigenvalue weighted by Gasteiger charge is 2.32. The summed E-state index contributed by atoms with van der Waals surface area (Å²) in [6.45, 7) is 1.04. The SMILES string of the molecule is CC[C@H](C(=O)NC)N(Cc1c(Cl)cccc1Cl)C(=O)CN(c1cc(Cl)cc(Cl)c1)S(C)(=O)=O. The van der Waals surface area contributed by atoms with E-state index in [2.05, 4.69) is 5.32 Å². The number of carbonyl (C=O) groups is 2. The zero-order valence-corrected chi connectivity index (χ0v) is 22.0. The molecule has 0 aliphatic rings. The molecular weight excluding hydrogens is 532 g/mol. The fraction of sp³-hybridized carbons (Fsp3) is 0.333. The third-order valence-corrected chi connectivity index (χ3v) is 7.12. The number of rotatable bonds is 9. The van der Waals surface area contributed by atoms with E-state index >= 15 is 0 Å². The first-order valence-electron chi connectivity index (χ1n) is 9.76. The Kier molecular flexibility index (Phi) is 9.70. The van der Waals surface area contributed by atoms with Gasteiger partial charge in [0.15, 0.2) is 0 Å². The molecule has 0 unspecified atom stereocenters. The lowest BCUT2D eigenvalue weighted by atomic mass is 10.1. The lowest BCUT2D eigenvalue weighted by Crippen LogP contribution is -2.51. The summed E-state index contributed by atoms with van der Waals surface area (Å²) in [6, 6.07) is 8.20. The molecule has 0 radical (unpaired) electrons. The van der Waals surface area contributed by atoms with Crippen molar-refractivity contribution in [1.82, 2.24) is 10.2 Å². The van der Waals surface area contributed by atoms with Crippen molar-refractivity contribution < 1.29 is 18.0 Å². The lowest BCUT2D eigenvalue weighted by molar-refractivity contribution is -0.140. The summed E-state index contributed by atoms with van der Waals surface area (Å²) >= 11 is 24.7. The Labute approximate surface area is 213 Å². The van der Waals surface area contributed by atoms with Gasteiger partial charge in [-0.1, -0.05) is 59.4 Å². The fourth-order valence-corrected chi connectivity index (χ4v) is 5.10. The number of nitrogens with zero attached hydrogens (tertiary/aromatic N) is 2. The van der Waals surface area contributed by atoms with E-state index in [0.717, 1.165) is 10.6 Å². The van der Waals surface area contributed by atoms with E-state index in [-0.39, 0.29) is 28.7 Å². The standard InChI is InChI=1S/C21H23Cl4N3O4S/c1-4-19(21(30)26-2)27(11-16-17(24)6-5-7-18(16)25)20(29)12-28(33(3,31)32)15-9-13(22)8-14(23)10-15/h5-10,19H,4,11-12H2,1-3H3,(H,26,30)/t19-/m1/s1. The van der Waals surface area contributed by atoms with Gasteiger partial charge < -0.3 is 10.2 Å². The first-order valence-corrected chi connectivity index (χ1v) is 13.1. The lowest BCUT2D eigenvalue weighted by Gasteiger charge is -2.33. The molecule has 180 valence electrons. The summed E-state index contributed by atoms with van der Waals surface area (Å²) in [5.41, 5.74) is 0.556. The summed E-state index contributed by atoms with van der Waals surface area (Å²) in [7, 11) is -2.46. The van der Waals surface area contributed by atoms with Gasteiger partial charge in [-0.3, -0.25) is 13.9 Å². The molecule has 2 rings (SSSR count). The zero-order chi connectivity index (χ0) is 24.9. The third kappa shape index (κ3) is 7.13. The number of anilines is 1. The van der Waals surface area contributed by atoms with Gasteiger partial charge in [0.25, 0.3) is 0 Å². The van der Waals surface area contributed by atoms with E-state index in [1.165, 1.54) is 30.1 Å². The van der Waals surface area contributed by atoms with Crippen molar-refractivity contribution >= 4 is 73.9 Å². The van der Waals surface area contributed by atoms with Gasteiger partial charge in [0, 0.05) is 39.2 Å². The predicted molar refractivity (Wildman–Crippen MR) is 134 cm³/mol. The number of sulfonamides is 1. The van der Waals surface area contributed by atoms with E-state index in [4.69, 9.17) is 46.4 Å². The van der Waals surface area contributed by atoms with Gasteiger partial charge in [0.2, 0.25) is 21.8 Å². The maximum atomic E-state index is 13.5. The third-order valence-electron chi connectivity index (χ3n) is 4.84. The van der Waals surface area contributed by atoms with Crippen molar-refractivity contribution in [2.75, 3.05) is 24.2 Å². The molecule has 1 N–H and O–H groups in total. The number of carbonyl (C=O) groups excluding carboxylic acids is 2. The first kappa shape index (κ1) is 27.5. The van der Waals surface area contributed by atoms with Crippen LogP contribution in [0, 0.1) is 0 Å². The molecule has 0 bridgehead atoms. The molecule has 0 aliphatic heterocycles. The summed E-state index contributed by atoms with van der Waals surface area (Å²) in [6.07, 6.45) is 1.23. The molecule has 1 atom stereocenters. The summed E-state index contributed by atoms with van der Waals surface area (Å²) in [4.78, 5) is 27.3. The molecule has 2 aromatic carbocycles. The Balaban J connectivity index is 2.52. The van der Waals surface area contributed by atoms with Crippen LogP contribution in [0.3, 0.4) is 0 Å². The summed E-state index contributed by atoms with van der Waals surface area (Å²) < 4.78 is 26.0. The molecule has 2 aromatic rings. The number of benzene rings is 2. The van der Waals surface area contributed by atoms with Crippen molar-refractivity contribution in [2.24, 2.45) is 0 Å². The molecule has 12 heteroatoms. The number of nitrogens with one attached hydrogen (secondary N) is 1. The van der Waals surface area contributed by atoms with Crippen molar-refractivity contribution in [3.63, 3.8) is 0 Å². The highest BCUT2D eigenvalue weighted by Crippen LogP contribution is 2.29. The smallest absolute Gasteiger partial charge is 0.244 e. The first-order chi connectivity index (χ1) is 15.4. The van der Waals surface area contributed by atoms with Crippen LogP contribution in [0.1, 0.15) is 18.9 Å². The maximum Gasteiger partial charge on any atom is 0.244 e. The minimum atomic E-state index is -3.91. The van der Waals surface area contributed by atoms with E-state index in [9.17, 15) is 18.0 Å². The number of amides is 2. The van der Waals surface area contributed by atoms with Gasteiger partial charge in [-0.2, -0.15) is 0 Å². The van der Waals surface area contributed by atoms with E-state index < -0.39 is 34.4 Å². The molecule has 0 aromatic heterocycles. The second-order valence-electron chi connectivity index (χ2n) is 7.16. The molecule has 7 nitrogen and oxygen atoms in total. The summed E-state index contributed by atoms with van der Waals surface area (Å²) in [5.74, 6) is -1.05. The van der Waals surface area contributed by atoms with Crippen LogP contribution in [-0.2, 0) is 26.2 Å². The van der Waals surface area contributed by atoms with Crippen LogP contribution in [0.15, 0.2) is 36.4 Å². The maximum absolute atomic E-state index is 13.5. The number of hydrogen-bond donors (Lipinski definition) is 1. The van der Waals surface area contributed by atoms with Gasteiger partial charge >= 0.3 is 0 Å². The molecule has 0 saturated carbocycles. The Morgan fingerprint density at radius 3 is 2.03 bits per heavy atom. The second kappa shape index (κ2) is 11.6. The second-order valence-corrected chi connectivity index (χ2v) is 10.8. The minimum Gasteiger partial charge on any atom is -0.357 e. The quantitative estimate of drug-likeness (QED) is 0.490. The Morgan fingerprint density at radius 2 is 1.58 bits per heavy atom. The van der Waals surface area contributed by atoms with Crippen LogP contribution >= 0.6 is 46.4 Å². The van der Waals surface area contributed by atoms with Gasteiger partial charge in [-0.15, -0.1) is 0 Å². The van der Waals surface area contributed by atoms with Crippen molar-refractivity contribution in [1.29, 1.82) is 0 Å². The minimum absolute atomic E-state index is 0.100. The molecule has 0 aliphatic carbocycles. The molecule has 0 fully saturated rings. The Bertz CT molecular complexity index is 1100. The van der Waals surface area contributed by atoms with Gasteiger partial charge in [0.05, 0.1) is 11.9 Å². The molecule has 2 amide bonds. The highest BCUT2D eigenvalue weighted by molar-refractivity contribution is 7.92. The van der Waals surface area contributed by atoms with Crippen LogP contribution < -0.4 is 9.62 Å². The van der Waals surface area contributed by atoms with Crippen LogP contribution in [0.5, 0.6) is 0 Å². The van der Waals surface area contributed by atoms with E-state index in [1.54, 1.807) is 25.1 Å². The normalized spacial score (nSPS) is 12.2. The van der Waals surface area contributed by atoms with Crippen LogP contribution in [0.4, 0.5) is 5.69 Å². The zero-order valence-electron chi connectivity index (χ0n) is 18.1. The van der Waals surface area contributed by atoms with Crippen LogP contribution in [0.25, 0.3) is 0 Å². The largest absolute Gasteiger partial charge is 0.357 e. The van der Waals surface area contributed by atoms with Gasteiger partial charge in [0.1, 0.15) is 12.6 Å². The number of likely N-dealkylation sites (N-methyl/N-ethyl adjacent to an activating group) is 1. The molecule has 0 saturated heterocycles. The van der Waals surface area contributed by atoms with Crippen molar-refractivity contribution in [3.8, 4) is 0 Å². The summed E-state index contributed by atoms with van der Waals surface area (Å²) in [5, 5.41) is 3.57. The average molecular weight is 555 g/mol. The Hall–Kier alpha value is -1.71. The van der Waals surface area contributed by atoms with Crippen molar-refractivity contribution in [2.45, 2.75) is 25.9 Å². The molecule has 0 heterocycles. The Morgan fingerprint density at radius 1 is 1.03 bits per heavy atom. The topological polar surface area (TPSA) is 86.8 Å². The van der Waals surface area contributed by atoms with E-state index in [1.807, 2.05) is 0 Å². The highest BCUT2D eigenvalue weighted by atomic mass is 35.5.